The van der Waals surface area contributed by atoms with Crippen LogP contribution in [0.5, 0.6) is 0 Å². The van der Waals surface area contributed by atoms with E-state index in [1.54, 1.807) is 30.1 Å². The van der Waals surface area contributed by atoms with E-state index in [9.17, 15) is 14.7 Å². The summed E-state index contributed by atoms with van der Waals surface area (Å²) in [7, 11) is 0. The zero-order valence-corrected chi connectivity index (χ0v) is 23.3. The van der Waals surface area contributed by atoms with Crippen molar-refractivity contribution in [3.05, 3.63) is 119 Å². The van der Waals surface area contributed by atoms with Gasteiger partial charge in [0.15, 0.2) is 0 Å². The van der Waals surface area contributed by atoms with Gasteiger partial charge in [0.1, 0.15) is 6.04 Å². The van der Waals surface area contributed by atoms with Crippen LogP contribution in [0.2, 0.25) is 0 Å². The predicted molar refractivity (Wildman–Crippen MR) is 158 cm³/mol. The van der Waals surface area contributed by atoms with Gasteiger partial charge in [0.25, 0.3) is 5.91 Å². The maximum absolute atomic E-state index is 13.4. The van der Waals surface area contributed by atoms with Gasteiger partial charge in [-0.3, -0.25) is 4.79 Å². The van der Waals surface area contributed by atoms with Gasteiger partial charge in [-0.1, -0.05) is 60.7 Å². The van der Waals surface area contributed by atoms with Crippen LogP contribution in [0, 0.1) is 6.92 Å². The summed E-state index contributed by atoms with van der Waals surface area (Å²) in [5.41, 5.74) is 15.4. The van der Waals surface area contributed by atoms with Gasteiger partial charge in [-0.15, -0.1) is 0 Å². The Kier molecular flexibility index (Phi) is 11.2. The van der Waals surface area contributed by atoms with Crippen LogP contribution in [0.4, 0.5) is 0 Å². The molecule has 0 unspecified atom stereocenters. The summed E-state index contributed by atoms with van der Waals surface area (Å²) >= 11 is 1.55. The van der Waals surface area contributed by atoms with E-state index in [4.69, 9.17) is 5.73 Å². The molecular formula is C31H37N4O3S+. The Hall–Kier alpha value is -4.01. The summed E-state index contributed by atoms with van der Waals surface area (Å²) < 4.78 is 0. The molecule has 204 valence electrons. The minimum atomic E-state index is -1.04. The Morgan fingerprint density at radius 3 is 2.38 bits per heavy atom. The van der Waals surface area contributed by atoms with Crippen molar-refractivity contribution in [2.45, 2.75) is 32.5 Å². The van der Waals surface area contributed by atoms with E-state index in [1.165, 1.54) is 0 Å². The van der Waals surface area contributed by atoms with Gasteiger partial charge in [-0.05, 0) is 77.5 Å². The lowest BCUT2D eigenvalue weighted by molar-refractivity contribution is -0.274. The van der Waals surface area contributed by atoms with Crippen LogP contribution in [0.25, 0.3) is 11.1 Å². The van der Waals surface area contributed by atoms with Crippen LogP contribution in [-0.4, -0.2) is 39.9 Å². The third kappa shape index (κ3) is 8.49. The summed E-state index contributed by atoms with van der Waals surface area (Å²) in [6.07, 6.45) is 7.56. The number of hydrogen-bond acceptors (Lipinski definition) is 5. The van der Waals surface area contributed by atoms with Gasteiger partial charge < -0.3 is 26.8 Å². The van der Waals surface area contributed by atoms with E-state index in [1.807, 2.05) is 73.9 Å². The number of allylic oxidation sites excluding steroid dienone is 2. The molecule has 3 rings (SSSR count). The molecule has 8 heteroatoms. The lowest BCUT2D eigenvalue weighted by Gasteiger charge is -2.26. The van der Waals surface area contributed by atoms with Crippen molar-refractivity contribution in [3.8, 4) is 11.1 Å². The first-order valence-corrected chi connectivity index (χ1v) is 14.1. The fourth-order valence-electron chi connectivity index (χ4n) is 4.25. The fourth-order valence-corrected chi connectivity index (χ4v) is 4.72. The van der Waals surface area contributed by atoms with Crippen molar-refractivity contribution < 1.29 is 20.4 Å². The monoisotopic (exact) mass is 545 g/mol. The van der Waals surface area contributed by atoms with Crippen molar-refractivity contribution >= 4 is 23.6 Å². The van der Waals surface area contributed by atoms with E-state index in [-0.39, 0.29) is 0 Å². The van der Waals surface area contributed by atoms with Crippen LogP contribution in [0.1, 0.15) is 33.5 Å². The number of carbonyl (C=O) groups is 2. The highest BCUT2D eigenvalue weighted by Gasteiger charge is 2.23. The molecule has 0 saturated carbocycles. The molecule has 0 aromatic heterocycles. The highest BCUT2D eigenvalue weighted by molar-refractivity contribution is 7.98. The maximum atomic E-state index is 13.4. The van der Waals surface area contributed by atoms with Crippen LogP contribution >= 0.6 is 11.8 Å². The van der Waals surface area contributed by atoms with E-state index in [0.717, 1.165) is 27.8 Å². The summed E-state index contributed by atoms with van der Waals surface area (Å²) in [4.78, 5) is 27.2. The van der Waals surface area contributed by atoms with Gasteiger partial charge in [-0.25, -0.2) is 4.79 Å². The number of carboxylic acid groups (broad SMARTS) is 1. The minimum Gasteiger partial charge on any atom is -0.480 e. The van der Waals surface area contributed by atoms with E-state index in [0.29, 0.717) is 36.6 Å². The zero-order valence-electron chi connectivity index (χ0n) is 22.5. The maximum Gasteiger partial charge on any atom is 0.326 e. The SMILES string of the molecule is CSCC[C@H](NC(=O)c1ccc(CN(Cc2ccccc2)/C(N)=C/C=C\[NH3+])cc1-c1ccccc1C)C(=O)O. The zero-order chi connectivity index (χ0) is 28.2. The number of nitrogens with two attached hydrogens (primary N) is 1. The molecule has 3 aromatic rings. The minimum absolute atomic E-state index is 0.349. The van der Waals surface area contributed by atoms with Crippen molar-refractivity contribution in [1.82, 2.24) is 10.2 Å². The number of carboxylic acids is 1. The van der Waals surface area contributed by atoms with Crippen molar-refractivity contribution in [2.75, 3.05) is 12.0 Å². The molecule has 7 N–H and O–H groups in total. The van der Waals surface area contributed by atoms with Gasteiger partial charge in [0.05, 0.1) is 12.0 Å². The first-order valence-electron chi connectivity index (χ1n) is 12.8. The molecule has 0 heterocycles. The average Bonchev–Trinajstić information content (AvgIpc) is 2.94. The quantitative estimate of drug-likeness (QED) is 0.239. The molecule has 1 amide bonds. The average molecular weight is 546 g/mol. The molecule has 0 saturated heterocycles. The number of aryl methyl sites for hydroxylation is 1. The highest BCUT2D eigenvalue weighted by atomic mass is 32.2. The Bertz CT molecular complexity index is 1320. The molecule has 1 atom stereocenters. The molecule has 0 radical (unpaired) electrons. The molecule has 0 aliphatic heterocycles. The van der Waals surface area contributed by atoms with Crippen molar-refractivity contribution in [1.29, 1.82) is 0 Å². The number of benzene rings is 3. The third-order valence-electron chi connectivity index (χ3n) is 6.34. The van der Waals surface area contributed by atoms with Gasteiger partial charge in [0.2, 0.25) is 0 Å². The number of aliphatic carboxylic acids is 1. The summed E-state index contributed by atoms with van der Waals surface area (Å²) in [5.74, 6) is -0.219. The van der Waals surface area contributed by atoms with E-state index < -0.39 is 17.9 Å². The molecule has 0 fully saturated rings. The van der Waals surface area contributed by atoms with Gasteiger partial charge in [0, 0.05) is 18.7 Å². The van der Waals surface area contributed by atoms with E-state index >= 15 is 0 Å². The van der Waals surface area contributed by atoms with Gasteiger partial charge in [-0.2, -0.15) is 11.8 Å². The number of carbonyl (C=O) groups excluding carboxylic acids is 1. The van der Waals surface area contributed by atoms with Crippen LogP contribution in [0.3, 0.4) is 0 Å². The summed E-state index contributed by atoms with van der Waals surface area (Å²) in [5, 5.41) is 12.4. The predicted octanol–water partition coefficient (Wildman–Crippen LogP) is 4.16. The Labute approximate surface area is 234 Å². The number of quaternary nitrogens is 1. The molecule has 7 nitrogen and oxygen atoms in total. The first-order chi connectivity index (χ1) is 18.8. The standard InChI is InChI=1S/C31H36N4O3S/c1-22-9-6-7-12-25(22)27-19-24(14-15-26(27)30(36)34-28(31(37)38)16-18-39-2)21-35(29(33)13-8-17-32)20-23-10-4-3-5-11-23/h3-15,17,19,28H,16,18,20-21,32-33H2,1-2H3,(H,34,36)(H,37,38)/p+1/b17-8-,29-13+/t28-/m0/s1. The van der Waals surface area contributed by atoms with E-state index in [2.05, 4.69) is 28.1 Å². The number of nitrogens with one attached hydrogen (secondary N) is 1. The van der Waals surface area contributed by atoms with Crippen LogP contribution in [-0.2, 0) is 17.9 Å². The molecule has 0 aliphatic rings. The second-order valence-corrected chi connectivity index (χ2v) is 10.2. The molecule has 39 heavy (non-hydrogen) atoms. The number of nitrogens with zero attached hydrogens (tertiary/aromatic N) is 1. The van der Waals surface area contributed by atoms with Crippen molar-refractivity contribution in [2.24, 2.45) is 5.73 Å². The molecule has 0 bridgehead atoms. The third-order valence-corrected chi connectivity index (χ3v) is 6.98. The molecule has 0 aliphatic carbocycles. The lowest BCUT2D eigenvalue weighted by atomic mass is 9.93. The summed E-state index contributed by atoms with van der Waals surface area (Å²) in [6.45, 7) is 3.11. The van der Waals surface area contributed by atoms with Crippen molar-refractivity contribution in [3.63, 3.8) is 0 Å². The molecule has 3 aromatic carbocycles. The largest absolute Gasteiger partial charge is 0.480 e. The van der Waals surface area contributed by atoms with Crippen LogP contribution in [0.15, 0.2) is 97.0 Å². The normalized spacial score (nSPS) is 12.3. The first kappa shape index (κ1) is 29.5. The van der Waals surface area contributed by atoms with Crippen LogP contribution < -0.4 is 16.8 Å². The number of rotatable bonds is 13. The highest BCUT2D eigenvalue weighted by Crippen LogP contribution is 2.29. The Balaban J connectivity index is 2.01. The molecule has 0 spiro atoms. The molecular weight excluding hydrogens is 508 g/mol. The number of hydrogen-bond donors (Lipinski definition) is 4. The lowest BCUT2D eigenvalue weighted by Crippen LogP contribution is -2.41. The Morgan fingerprint density at radius 2 is 1.72 bits per heavy atom. The second-order valence-electron chi connectivity index (χ2n) is 9.20. The van der Waals surface area contributed by atoms with Gasteiger partial charge >= 0.3 is 5.97 Å². The fraction of sp³-hybridized carbons (Fsp3) is 0.226. The number of thioether (sulfide) groups is 1. The topological polar surface area (TPSA) is 123 Å². The smallest absolute Gasteiger partial charge is 0.326 e. The second kappa shape index (κ2) is 14.8. The summed E-state index contributed by atoms with van der Waals surface area (Å²) in [6, 6.07) is 22.7. The number of amides is 1. The Morgan fingerprint density at radius 1 is 1.03 bits per heavy atom.